The van der Waals surface area contributed by atoms with E-state index in [1.165, 1.54) is 11.8 Å². The maximum Gasteiger partial charge on any atom is 0.325 e. The molecule has 1 aliphatic heterocycles. The van der Waals surface area contributed by atoms with Crippen molar-refractivity contribution in [3.05, 3.63) is 29.6 Å². The number of hydrogen-bond donors (Lipinski definition) is 2. The fraction of sp³-hybridized carbons (Fsp3) is 0.333. The van der Waals surface area contributed by atoms with Crippen molar-refractivity contribution in [2.75, 3.05) is 11.5 Å². The van der Waals surface area contributed by atoms with E-state index in [1.54, 1.807) is 6.07 Å². The zero-order valence-corrected chi connectivity index (χ0v) is 12.3. The Hall–Kier alpha value is -1.63. The topological polar surface area (TPSA) is 107 Å². The van der Waals surface area contributed by atoms with Crippen LogP contribution in [0.3, 0.4) is 0 Å². The van der Waals surface area contributed by atoms with Gasteiger partial charge in [-0.05, 0) is 30.4 Å². The Morgan fingerprint density at radius 1 is 1.52 bits per heavy atom. The van der Waals surface area contributed by atoms with E-state index in [1.807, 2.05) is 0 Å². The summed E-state index contributed by atoms with van der Waals surface area (Å²) < 4.78 is 39.9. The van der Waals surface area contributed by atoms with Crippen LogP contribution in [0.1, 0.15) is 12.0 Å². The number of benzene rings is 1. The molecule has 0 aliphatic carbocycles. The second-order valence-electron chi connectivity index (χ2n) is 4.55. The number of halogens is 1. The van der Waals surface area contributed by atoms with Gasteiger partial charge in [0.15, 0.2) is 0 Å². The molecule has 0 spiro atoms. The average Bonchev–Trinajstić information content (AvgIpc) is 2.88. The normalized spacial score (nSPS) is 21.9. The molecule has 0 bridgehead atoms. The number of thioether (sulfide) groups is 1. The van der Waals surface area contributed by atoms with Crippen molar-refractivity contribution in [3.63, 3.8) is 0 Å². The van der Waals surface area contributed by atoms with Gasteiger partial charge in [0.05, 0.1) is 10.5 Å². The van der Waals surface area contributed by atoms with Gasteiger partial charge in [-0.2, -0.15) is 21.7 Å². The predicted octanol–water partition coefficient (Wildman–Crippen LogP) is 0.936. The van der Waals surface area contributed by atoms with Gasteiger partial charge in [-0.15, -0.1) is 0 Å². The Balaban J connectivity index is 2.39. The summed E-state index contributed by atoms with van der Waals surface area (Å²) in [7, 11) is -4.16. The number of sulfonamides is 1. The molecule has 0 aromatic heterocycles. The molecule has 1 aromatic carbocycles. The first-order chi connectivity index (χ1) is 9.81. The smallest absolute Gasteiger partial charge is 0.325 e. The van der Waals surface area contributed by atoms with E-state index in [-0.39, 0.29) is 17.1 Å². The highest BCUT2D eigenvalue weighted by Crippen LogP contribution is 2.30. The van der Waals surface area contributed by atoms with E-state index < -0.39 is 32.9 Å². The van der Waals surface area contributed by atoms with Crippen LogP contribution in [0.4, 0.5) is 4.39 Å². The minimum Gasteiger partial charge on any atom is -0.480 e. The fourth-order valence-electron chi connectivity index (χ4n) is 1.93. The number of carbonyl (C=O) groups is 1. The summed E-state index contributed by atoms with van der Waals surface area (Å²) in [6.07, 6.45) is 0.165. The van der Waals surface area contributed by atoms with Gasteiger partial charge in [0.25, 0.3) is 0 Å². The quantitative estimate of drug-likeness (QED) is 0.850. The maximum absolute atomic E-state index is 13.2. The molecule has 0 saturated carbocycles. The van der Waals surface area contributed by atoms with Crippen LogP contribution in [0.25, 0.3) is 0 Å². The highest BCUT2D eigenvalue weighted by molar-refractivity contribution is 7.99. The number of hydrogen-bond acceptors (Lipinski definition) is 5. The highest BCUT2D eigenvalue weighted by atomic mass is 32.2. The molecule has 1 unspecified atom stereocenters. The lowest BCUT2D eigenvalue weighted by Gasteiger charge is -2.24. The van der Waals surface area contributed by atoms with Crippen molar-refractivity contribution >= 4 is 27.8 Å². The van der Waals surface area contributed by atoms with Crippen LogP contribution in [0.2, 0.25) is 0 Å². The third-order valence-electron chi connectivity index (χ3n) is 3.13. The molecule has 21 heavy (non-hydrogen) atoms. The average molecular weight is 330 g/mol. The zero-order valence-electron chi connectivity index (χ0n) is 10.7. The first-order valence-corrected chi connectivity index (χ1v) is 8.49. The largest absolute Gasteiger partial charge is 0.480 e. The van der Waals surface area contributed by atoms with Gasteiger partial charge in [0.2, 0.25) is 10.0 Å². The molecule has 1 aromatic rings. The summed E-state index contributed by atoms with van der Waals surface area (Å²) >= 11 is 1.34. The third-order valence-corrected chi connectivity index (χ3v) is 5.85. The van der Waals surface area contributed by atoms with Crippen molar-refractivity contribution in [1.82, 2.24) is 4.72 Å². The molecule has 0 amide bonds. The second kappa shape index (κ2) is 5.63. The molecule has 1 heterocycles. The summed E-state index contributed by atoms with van der Waals surface area (Å²) in [6, 6.07) is 4.29. The standard InChI is InChI=1S/C12H11FN2O4S2/c13-10-2-1-9(5-8(10)6-14)21(18,19)15-12(11(16)17)3-4-20-7-12/h1-2,5,15H,3-4,7H2,(H,16,17). The zero-order chi connectivity index (χ0) is 15.7. The van der Waals surface area contributed by atoms with Gasteiger partial charge in [-0.25, -0.2) is 12.8 Å². The van der Waals surface area contributed by atoms with Gasteiger partial charge in [0.1, 0.15) is 17.4 Å². The molecule has 1 aliphatic rings. The van der Waals surface area contributed by atoms with Crippen LogP contribution in [0, 0.1) is 17.1 Å². The van der Waals surface area contributed by atoms with E-state index in [0.29, 0.717) is 5.75 Å². The Morgan fingerprint density at radius 3 is 2.76 bits per heavy atom. The monoisotopic (exact) mass is 330 g/mol. The van der Waals surface area contributed by atoms with Gasteiger partial charge in [-0.3, -0.25) is 4.79 Å². The number of nitriles is 1. The SMILES string of the molecule is N#Cc1cc(S(=O)(=O)NC2(C(=O)O)CCSC2)ccc1F. The first kappa shape index (κ1) is 15.8. The summed E-state index contributed by atoms with van der Waals surface area (Å²) in [6.45, 7) is 0. The summed E-state index contributed by atoms with van der Waals surface area (Å²) in [4.78, 5) is 11.0. The molecule has 6 nitrogen and oxygen atoms in total. The van der Waals surface area contributed by atoms with E-state index in [2.05, 4.69) is 4.72 Å². The van der Waals surface area contributed by atoms with Crippen LogP contribution >= 0.6 is 11.8 Å². The number of rotatable bonds is 4. The van der Waals surface area contributed by atoms with Gasteiger partial charge >= 0.3 is 5.97 Å². The minimum atomic E-state index is -4.16. The molecule has 1 saturated heterocycles. The molecule has 112 valence electrons. The number of aliphatic carboxylic acids is 1. The van der Waals surface area contributed by atoms with Crippen molar-refractivity contribution in [2.45, 2.75) is 16.9 Å². The van der Waals surface area contributed by atoms with E-state index in [4.69, 9.17) is 5.26 Å². The van der Waals surface area contributed by atoms with Gasteiger partial charge < -0.3 is 5.11 Å². The predicted molar refractivity (Wildman–Crippen MR) is 73.7 cm³/mol. The van der Waals surface area contributed by atoms with Crippen LogP contribution < -0.4 is 4.72 Å². The molecular weight excluding hydrogens is 319 g/mol. The lowest BCUT2D eigenvalue weighted by Crippen LogP contribution is -2.54. The molecule has 2 N–H and O–H groups in total. The van der Waals surface area contributed by atoms with Crippen LogP contribution in [0.5, 0.6) is 0 Å². The van der Waals surface area contributed by atoms with Gasteiger partial charge in [0, 0.05) is 5.75 Å². The Bertz CT molecular complexity index is 721. The van der Waals surface area contributed by atoms with Crippen LogP contribution in [0.15, 0.2) is 23.1 Å². The van der Waals surface area contributed by atoms with Crippen molar-refractivity contribution in [2.24, 2.45) is 0 Å². The Kier molecular flexibility index (Phi) is 4.22. The molecule has 2 rings (SSSR count). The molecular formula is C12H11FN2O4S2. The highest BCUT2D eigenvalue weighted by Gasteiger charge is 2.45. The van der Waals surface area contributed by atoms with Crippen LogP contribution in [-0.2, 0) is 14.8 Å². The summed E-state index contributed by atoms with van der Waals surface area (Å²) in [5.41, 5.74) is -1.98. The Morgan fingerprint density at radius 2 is 2.24 bits per heavy atom. The molecule has 0 radical (unpaired) electrons. The number of carboxylic acids is 1. The maximum atomic E-state index is 13.2. The van der Waals surface area contributed by atoms with E-state index in [9.17, 15) is 22.7 Å². The van der Waals surface area contributed by atoms with Gasteiger partial charge in [-0.1, -0.05) is 0 Å². The minimum absolute atomic E-state index is 0.119. The lowest BCUT2D eigenvalue weighted by atomic mass is 10.0. The summed E-state index contributed by atoms with van der Waals surface area (Å²) in [5, 5.41) is 18.0. The molecule has 1 fully saturated rings. The number of nitrogens with one attached hydrogen (secondary N) is 1. The summed E-state index contributed by atoms with van der Waals surface area (Å²) in [5.74, 6) is -1.44. The van der Waals surface area contributed by atoms with Crippen molar-refractivity contribution in [3.8, 4) is 6.07 Å². The molecule has 1 atom stereocenters. The number of carboxylic acid groups (broad SMARTS) is 1. The van der Waals surface area contributed by atoms with E-state index >= 15 is 0 Å². The second-order valence-corrected chi connectivity index (χ2v) is 7.34. The van der Waals surface area contributed by atoms with E-state index in [0.717, 1.165) is 18.2 Å². The molecule has 9 heteroatoms. The number of nitrogens with zero attached hydrogens (tertiary/aromatic N) is 1. The van der Waals surface area contributed by atoms with Crippen molar-refractivity contribution < 1.29 is 22.7 Å². The lowest BCUT2D eigenvalue weighted by molar-refractivity contribution is -0.142. The van der Waals surface area contributed by atoms with Crippen molar-refractivity contribution in [1.29, 1.82) is 5.26 Å². The Labute approximate surface area is 125 Å². The third kappa shape index (κ3) is 3.02. The fourth-order valence-corrected chi connectivity index (χ4v) is 4.76. The first-order valence-electron chi connectivity index (χ1n) is 5.85. The van der Waals surface area contributed by atoms with Crippen LogP contribution in [-0.4, -0.2) is 36.5 Å².